The zero-order valence-electron chi connectivity index (χ0n) is 18.5. The van der Waals surface area contributed by atoms with Gasteiger partial charge in [0.1, 0.15) is 17.4 Å². The van der Waals surface area contributed by atoms with Crippen molar-refractivity contribution >= 4 is 54.8 Å². The number of fused-ring (bicyclic) bond motifs is 1. The SMILES string of the molecule is Cc1ccc2nc(-c3ccc(NCc4cc(Br)ccc4OCc4ccccc4Cl)cc3)sc2c1. The molecule has 0 bridgehead atoms. The molecule has 0 unspecified atom stereocenters. The van der Waals surface area contributed by atoms with Gasteiger partial charge in [-0.05, 0) is 73.2 Å². The Labute approximate surface area is 216 Å². The van der Waals surface area contributed by atoms with Crippen molar-refractivity contribution in [1.29, 1.82) is 0 Å². The highest BCUT2D eigenvalue weighted by atomic mass is 79.9. The van der Waals surface area contributed by atoms with Crippen molar-refractivity contribution < 1.29 is 4.74 Å². The first kappa shape index (κ1) is 22.9. The molecule has 1 heterocycles. The van der Waals surface area contributed by atoms with Crippen molar-refractivity contribution in [1.82, 2.24) is 4.98 Å². The van der Waals surface area contributed by atoms with Crippen LogP contribution in [0.5, 0.6) is 5.75 Å². The molecule has 0 radical (unpaired) electrons. The minimum Gasteiger partial charge on any atom is -0.488 e. The molecule has 0 fully saturated rings. The van der Waals surface area contributed by atoms with Crippen LogP contribution in [0.15, 0.2) is 89.4 Å². The third kappa shape index (κ3) is 5.27. The molecule has 4 aromatic carbocycles. The molecular formula is C28H22BrClN2OS. The van der Waals surface area contributed by atoms with Crippen LogP contribution >= 0.6 is 38.9 Å². The second kappa shape index (κ2) is 10.2. The number of nitrogens with one attached hydrogen (secondary N) is 1. The predicted octanol–water partition coefficient (Wildman–Crippen LogP) is 8.88. The average Bonchev–Trinajstić information content (AvgIpc) is 3.26. The van der Waals surface area contributed by atoms with Gasteiger partial charge in [-0.1, -0.05) is 51.8 Å². The first-order chi connectivity index (χ1) is 16.5. The molecule has 170 valence electrons. The second-order valence-corrected chi connectivity index (χ2v) is 10.4. The maximum atomic E-state index is 6.28. The summed E-state index contributed by atoms with van der Waals surface area (Å²) >= 11 is 11.6. The monoisotopic (exact) mass is 548 g/mol. The number of rotatable bonds is 7. The lowest BCUT2D eigenvalue weighted by molar-refractivity contribution is 0.303. The van der Waals surface area contributed by atoms with E-state index in [4.69, 9.17) is 21.3 Å². The van der Waals surface area contributed by atoms with E-state index in [9.17, 15) is 0 Å². The Balaban J connectivity index is 1.28. The number of anilines is 1. The van der Waals surface area contributed by atoms with Gasteiger partial charge in [-0.15, -0.1) is 11.3 Å². The van der Waals surface area contributed by atoms with Gasteiger partial charge in [0.05, 0.1) is 10.2 Å². The van der Waals surface area contributed by atoms with Crippen molar-refractivity contribution in [3.63, 3.8) is 0 Å². The van der Waals surface area contributed by atoms with Crippen molar-refractivity contribution in [2.24, 2.45) is 0 Å². The van der Waals surface area contributed by atoms with Crippen LogP contribution in [0.3, 0.4) is 0 Å². The second-order valence-electron chi connectivity index (χ2n) is 8.05. The maximum Gasteiger partial charge on any atom is 0.124 e. The quantitative estimate of drug-likeness (QED) is 0.220. The summed E-state index contributed by atoms with van der Waals surface area (Å²) in [5.41, 5.74) is 6.49. The molecular weight excluding hydrogens is 528 g/mol. The Bertz CT molecular complexity index is 1450. The standard InChI is InChI=1S/C28H22BrClN2OS/c1-18-6-12-25-27(14-18)34-28(32-25)19-7-10-23(11-8-19)31-16-21-15-22(29)9-13-26(21)33-17-20-4-2-3-5-24(20)30/h2-15,31H,16-17H2,1H3. The summed E-state index contributed by atoms with van der Waals surface area (Å²) in [5, 5.41) is 5.25. The van der Waals surface area contributed by atoms with E-state index in [1.54, 1.807) is 11.3 Å². The summed E-state index contributed by atoms with van der Waals surface area (Å²) in [6, 6.07) is 28.6. The number of thiazole rings is 1. The van der Waals surface area contributed by atoms with Gasteiger partial charge in [0.25, 0.3) is 0 Å². The number of nitrogens with zero attached hydrogens (tertiary/aromatic N) is 1. The number of aromatic nitrogens is 1. The fourth-order valence-electron chi connectivity index (χ4n) is 3.68. The summed E-state index contributed by atoms with van der Waals surface area (Å²) in [6.07, 6.45) is 0. The summed E-state index contributed by atoms with van der Waals surface area (Å²) in [5.74, 6) is 0.831. The van der Waals surface area contributed by atoms with Gasteiger partial charge in [0.15, 0.2) is 0 Å². The van der Waals surface area contributed by atoms with Crippen LogP contribution in [0.1, 0.15) is 16.7 Å². The number of aryl methyl sites for hydroxylation is 1. The lowest BCUT2D eigenvalue weighted by Crippen LogP contribution is -2.04. The van der Waals surface area contributed by atoms with E-state index >= 15 is 0 Å². The molecule has 1 aromatic heterocycles. The largest absolute Gasteiger partial charge is 0.488 e. The third-order valence-corrected chi connectivity index (χ3v) is 7.45. The Hall–Kier alpha value is -2.86. The van der Waals surface area contributed by atoms with Crippen LogP contribution in [0.25, 0.3) is 20.8 Å². The highest BCUT2D eigenvalue weighted by molar-refractivity contribution is 9.10. The number of hydrogen-bond acceptors (Lipinski definition) is 4. The van der Waals surface area contributed by atoms with Gasteiger partial charge < -0.3 is 10.1 Å². The lowest BCUT2D eigenvalue weighted by atomic mass is 10.1. The molecule has 0 amide bonds. The fourth-order valence-corrected chi connectivity index (χ4v) is 5.35. The molecule has 0 aliphatic heterocycles. The van der Waals surface area contributed by atoms with Crippen molar-refractivity contribution in [3.8, 4) is 16.3 Å². The van der Waals surface area contributed by atoms with E-state index in [0.717, 1.165) is 43.1 Å². The summed E-state index contributed by atoms with van der Waals surface area (Å²) in [6.45, 7) is 3.17. The number of benzene rings is 4. The van der Waals surface area contributed by atoms with Crippen molar-refractivity contribution in [2.75, 3.05) is 5.32 Å². The Morgan fingerprint density at radius 2 is 1.76 bits per heavy atom. The van der Waals surface area contributed by atoms with Crippen LogP contribution < -0.4 is 10.1 Å². The van der Waals surface area contributed by atoms with E-state index in [-0.39, 0.29) is 0 Å². The summed E-state index contributed by atoms with van der Waals surface area (Å²) < 4.78 is 8.34. The van der Waals surface area contributed by atoms with Gasteiger partial charge >= 0.3 is 0 Å². The summed E-state index contributed by atoms with van der Waals surface area (Å²) in [4.78, 5) is 4.79. The molecule has 3 nitrogen and oxygen atoms in total. The molecule has 1 N–H and O–H groups in total. The van der Waals surface area contributed by atoms with Crippen LogP contribution in [-0.2, 0) is 13.2 Å². The van der Waals surface area contributed by atoms with Gasteiger partial charge in [-0.3, -0.25) is 0 Å². The van der Waals surface area contributed by atoms with Crippen LogP contribution in [0.2, 0.25) is 5.02 Å². The predicted molar refractivity (Wildman–Crippen MR) is 147 cm³/mol. The molecule has 0 aliphatic rings. The first-order valence-electron chi connectivity index (χ1n) is 10.9. The summed E-state index contributed by atoms with van der Waals surface area (Å²) in [7, 11) is 0. The van der Waals surface area contributed by atoms with Gasteiger partial charge in [0.2, 0.25) is 0 Å². The third-order valence-electron chi connectivity index (χ3n) is 5.52. The van der Waals surface area contributed by atoms with Crippen molar-refractivity contribution in [3.05, 3.63) is 111 Å². The number of halogens is 2. The normalized spacial score (nSPS) is 11.0. The Morgan fingerprint density at radius 1 is 0.941 bits per heavy atom. The van der Waals surface area contributed by atoms with Crippen LogP contribution in [0.4, 0.5) is 5.69 Å². The Kier molecular flexibility index (Phi) is 6.86. The van der Waals surface area contributed by atoms with Crippen LogP contribution in [0, 0.1) is 6.92 Å². The molecule has 0 saturated heterocycles. The maximum absolute atomic E-state index is 6.28. The van der Waals surface area contributed by atoms with Crippen LogP contribution in [-0.4, -0.2) is 4.98 Å². The van der Waals surface area contributed by atoms with Gasteiger partial charge in [0, 0.05) is 38.4 Å². The van der Waals surface area contributed by atoms with E-state index in [2.05, 4.69) is 76.7 Å². The highest BCUT2D eigenvalue weighted by Gasteiger charge is 2.09. The molecule has 0 atom stereocenters. The molecule has 6 heteroatoms. The first-order valence-corrected chi connectivity index (χ1v) is 12.9. The van der Waals surface area contributed by atoms with E-state index < -0.39 is 0 Å². The Morgan fingerprint density at radius 3 is 2.59 bits per heavy atom. The smallest absolute Gasteiger partial charge is 0.124 e. The van der Waals surface area contributed by atoms with Crippen molar-refractivity contribution in [2.45, 2.75) is 20.1 Å². The van der Waals surface area contributed by atoms with Gasteiger partial charge in [-0.2, -0.15) is 0 Å². The number of ether oxygens (including phenoxy) is 1. The molecule has 0 spiro atoms. The fraction of sp³-hybridized carbons (Fsp3) is 0.107. The average molecular weight is 550 g/mol. The minimum absolute atomic E-state index is 0.421. The van der Waals surface area contributed by atoms with E-state index in [1.807, 2.05) is 36.4 Å². The molecule has 5 rings (SSSR count). The van der Waals surface area contributed by atoms with E-state index in [1.165, 1.54) is 10.3 Å². The molecule has 0 saturated carbocycles. The van der Waals surface area contributed by atoms with E-state index in [0.29, 0.717) is 18.2 Å². The van der Waals surface area contributed by atoms with Gasteiger partial charge in [-0.25, -0.2) is 4.98 Å². The molecule has 5 aromatic rings. The topological polar surface area (TPSA) is 34.2 Å². The molecule has 34 heavy (non-hydrogen) atoms. The number of hydrogen-bond donors (Lipinski definition) is 1. The minimum atomic E-state index is 0.421. The molecule has 0 aliphatic carbocycles. The lowest BCUT2D eigenvalue weighted by Gasteiger charge is -2.14. The zero-order chi connectivity index (χ0) is 23.5. The highest BCUT2D eigenvalue weighted by Crippen LogP contribution is 2.32. The zero-order valence-corrected chi connectivity index (χ0v) is 21.7.